The number of hydrogen-bond donors (Lipinski definition) is 3. The summed E-state index contributed by atoms with van der Waals surface area (Å²) in [6.45, 7) is 0.553. The van der Waals surface area contributed by atoms with E-state index in [0.717, 1.165) is 16.6 Å². The number of aromatic nitrogens is 3. The van der Waals surface area contributed by atoms with Crippen molar-refractivity contribution >= 4 is 28.3 Å². The number of imidazole rings is 1. The molecule has 4 aromatic rings. The van der Waals surface area contributed by atoms with Crippen molar-refractivity contribution in [3.8, 4) is 11.4 Å². The molecule has 0 unspecified atom stereocenters. The first-order valence-corrected chi connectivity index (χ1v) is 8.23. The van der Waals surface area contributed by atoms with Crippen molar-refractivity contribution in [1.29, 1.82) is 0 Å². The summed E-state index contributed by atoms with van der Waals surface area (Å²) in [5.41, 5.74) is 3.74. The summed E-state index contributed by atoms with van der Waals surface area (Å²) in [7, 11) is 0. The molecule has 0 aliphatic heterocycles. The smallest absolute Gasteiger partial charge is 0.261 e. The number of nitrogens with zero attached hydrogens (tertiary/aromatic N) is 1. The molecule has 2 heterocycles. The van der Waals surface area contributed by atoms with Crippen LogP contribution in [0.3, 0.4) is 0 Å². The Morgan fingerprint density at radius 3 is 2.80 bits per heavy atom. The number of para-hydroxylation sites is 2. The van der Waals surface area contributed by atoms with E-state index < -0.39 is 0 Å². The zero-order valence-electron chi connectivity index (χ0n) is 13.2. The van der Waals surface area contributed by atoms with E-state index in [2.05, 4.69) is 20.3 Å². The van der Waals surface area contributed by atoms with Crippen molar-refractivity contribution in [2.75, 3.05) is 5.32 Å². The molecule has 3 N–H and O–H groups in total. The van der Waals surface area contributed by atoms with Crippen molar-refractivity contribution < 1.29 is 0 Å². The third kappa shape index (κ3) is 3.14. The molecule has 4 rings (SSSR count). The van der Waals surface area contributed by atoms with Crippen LogP contribution in [0.15, 0.2) is 65.6 Å². The minimum Gasteiger partial charge on any atom is -0.380 e. The van der Waals surface area contributed by atoms with Crippen molar-refractivity contribution in [3.63, 3.8) is 0 Å². The van der Waals surface area contributed by atoms with Gasteiger partial charge in [-0.05, 0) is 35.9 Å². The van der Waals surface area contributed by atoms with Gasteiger partial charge in [0.15, 0.2) is 0 Å². The number of aromatic amines is 2. The lowest BCUT2D eigenvalue weighted by atomic mass is 10.2. The van der Waals surface area contributed by atoms with Crippen molar-refractivity contribution in [1.82, 2.24) is 15.0 Å². The molecule has 0 amide bonds. The molecule has 0 fully saturated rings. The van der Waals surface area contributed by atoms with Crippen LogP contribution in [0.5, 0.6) is 0 Å². The number of anilines is 1. The van der Waals surface area contributed by atoms with Gasteiger partial charge >= 0.3 is 0 Å². The van der Waals surface area contributed by atoms with Gasteiger partial charge in [-0.3, -0.25) is 4.79 Å². The molecular weight excluding hydrogens is 336 g/mol. The molecule has 2 aromatic carbocycles. The number of nitrogens with one attached hydrogen (secondary N) is 3. The van der Waals surface area contributed by atoms with Gasteiger partial charge in [-0.1, -0.05) is 35.9 Å². The summed E-state index contributed by atoms with van der Waals surface area (Å²) in [5.74, 6) is 0.539. The summed E-state index contributed by atoms with van der Waals surface area (Å²) in [6, 6.07) is 17.1. The molecule has 0 spiro atoms. The Labute approximate surface area is 148 Å². The fourth-order valence-corrected chi connectivity index (χ4v) is 2.99. The monoisotopic (exact) mass is 350 g/mol. The maximum Gasteiger partial charge on any atom is 0.261 e. The van der Waals surface area contributed by atoms with E-state index in [1.54, 1.807) is 6.20 Å². The van der Waals surface area contributed by atoms with Crippen LogP contribution >= 0.6 is 11.6 Å². The highest BCUT2D eigenvalue weighted by Gasteiger charge is 2.14. The second-order valence-electron chi connectivity index (χ2n) is 5.68. The Kier molecular flexibility index (Phi) is 3.99. The number of rotatable bonds is 4. The SMILES string of the molecule is O=c1[nH]ccc(NCc2cccc(Cl)c2)c1-c1nc2ccccc2[nH]1. The molecule has 2 aromatic heterocycles. The molecule has 6 heteroatoms. The maximum atomic E-state index is 12.4. The zero-order valence-corrected chi connectivity index (χ0v) is 14.0. The predicted octanol–water partition coefficient (Wildman–Crippen LogP) is 4.18. The Balaban J connectivity index is 1.71. The first kappa shape index (κ1) is 15.5. The third-order valence-corrected chi connectivity index (χ3v) is 4.19. The summed E-state index contributed by atoms with van der Waals surface area (Å²) >= 11 is 6.03. The molecule has 25 heavy (non-hydrogen) atoms. The molecule has 0 radical (unpaired) electrons. The predicted molar refractivity (Wildman–Crippen MR) is 101 cm³/mol. The van der Waals surface area contributed by atoms with E-state index in [1.165, 1.54) is 0 Å². The van der Waals surface area contributed by atoms with Crippen LogP contribution in [0.1, 0.15) is 5.56 Å². The Morgan fingerprint density at radius 1 is 1.08 bits per heavy atom. The molecular formula is C19H15ClN4O. The van der Waals surface area contributed by atoms with E-state index in [9.17, 15) is 4.79 Å². The van der Waals surface area contributed by atoms with Gasteiger partial charge < -0.3 is 15.3 Å². The van der Waals surface area contributed by atoms with Crippen LogP contribution in [-0.2, 0) is 6.54 Å². The standard InChI is InChI=1S/C19H15ClN4O/c20-13-5-3-4-12(10-13)11-22-16-8-9-21-19(25)17(16)18-23-14-6-1-2-7-15(14)24-18/h1-10H,11H2,(H,23,24)(H2,21,22,25). The van der Waals surface area contributed by atoms with Crippen LogP contribution < -0.4 is 10.9 Å². The topological polar surface area (TPSA) is 73.6 Å². The number of hydrogen-bond acceptors (Lipinski definition) is 3. The third-order valence-electron chi connectivity index (χ3n) is 3.96. The number of halogens is 1. The Morgan fingerprint density at radius 2 is 1.96 bits per heavy atom. The maximum absolute atomic E-state index is 12.4. The summed E-state index contributed by atoms with van der Waals surface area (Å²) in [5, 5.41) is 3.98. The first-order valence-electron chi connectivity index (χ1n) is 7.86. The largest absolute Gasteiger partial charge is 0.380 e. The zero-order chi connectivity index (χ0) is 17.2. The molecule has 0 saturated heterocycles. The van der Waals surface area contributed by atoms with E-state index in [1.807, 2.05) is 54.6 Å². The van der Waals surface area contributed by atoms with Gasteiger partial charge in [-0.25, -0.2) is 4.98 Å². The van der Waals surface area contributed by atoms with Gasteiger partial charge in [0, 0.05) is 17.8 Å². The Hall–Kier alpha value is -3.05. The minimum atomic E-state index is -0.199. The van der Waals surface area contributed by atoms with Crippen molar-refractivity contribution in [2.24, 2.45) is 0 Å². The molecule has 0 saturated carbocycles. The van der Waals surface area contributed by atoms with Crippen LogP contribution in [0, 0.1) is 0 Å². The molecule has 0 aliphatic carbocycles. The summed E-state index contributed by atoms with van der Waals surface area (Å²) < 4.78 is 0. The number of H-pyrrole nitrogens is 2. The molecule has 124 valence electrons. The van der Waals surface area contributed by atoms with Gasteiger partial charge in [-0.15, -0.1) is 0 Å². The average molecular weight is 351 g/mol. The fraction of sp³-hybridized carbons (Fsp3) is 0.0526. The average Bonchev–Trinajstić information content (AvgIpc) is 3.03. The van der Waals surface area contributed by atoms with Crippen LogP contribution in [0.25, 0.3) is 22.4 Å². The van der Waals surface area contributed by atoms with Crippen LogP contribution in [0.2, 0.25) is 5.02 Å². The molecule has 0 aliphatic rings. The second-order valence-corrected chi connectivity index (χ2v) is 6.12. The van der Waals surface area contributed by atoms with Gasteiger partial charge in [0.05, 0.1) is 16.7 Å². The molecule has 0 bridgehead atoms. The van der Waals surface area contributed by atoms with E-state index in [4.69, 9.17) is 11.6 Å². The number of pyridine rings is 1. The van der Waals surface area contributed by atoms with Crippen molar-refractivity contribution in [2.45, 2.75) is 6.54 Å². The first-order chi connectivity index (χ1) is 12.2. The lowest BCUT2D eigenvalue weighted by molar-refractivity contribution is 1.13. The highest BCUT2D eigenvalue weighted by molar-refractivity contribution is 6.30. The second kappa shape index (κ2) is 6.45. The van der Waals surface area contributed by atoms with Crippen LogP contribution in [-0.4, -0.2) is 15.0 Å². The highest BCUT2D eigenvalue weighted by atomic mass is 35.5. The number of benzene rings is 2. The fourth-order valence-electron chi connectivity index (χ4n) is 2.78. The number of fused-ring (bicyclic) bond motifs is 1. The minimum absolute atomic E-state index is 0.199. The summed E-state index contributed by atoms with van der Waals surface area (Å²) in [4.78, 5) is 22.9. The quantitative estimate of drug-likeness (QED) is 0.517. The highest BCUT2D eigenvalue weighted by Crippen LogP contribution is 2.24. The normalized spacial score (nSPS) is 10.9. The molecule has 5 nitrogen and oxygen atoms in total. The lowest BCUT2D eigenvalue weighted by Gasteiger charge is -2.10. The lowest BCUT2D eigenvalue weighted by Crippen LogP contribution is -2.13. The van der Waals surface area contributed by atoms with E-state index in [-0.39, 0.29) is 5.56 Å². The van der Waals surface area contributed by atoms with Crippen LogP contribution in [0.4, 0.5) is 5.69 Å². The summed E-state index contributed by atoms with van der Waals surface area (Å²) in [6.07, 6.45) is 1.62. The van der Waals surface area contributed by atoms with E-state index in [0.29, 0.717) is 28.6 Å². The Bertz CT molecular complexity index is 1070. The van der Waals surface area contributed by atoms with Gasteiger partial charge in [0.25, 0.3) is 5.56 Å². The van der Waals surface area contributed by atoms with E-state index >= 15 is 0 Å². The van der Waals surface area contributed by atoms with Gasteiger partial charge in [0.1, 0.15) is 11.4 Å². The molecule has 0 atom stereocenters. The van der Waals surface area contributed by atoms with Crippen molar-refractivity contribution in [3.05, 3.63) is 81.7 Å². The van der Waals surface area contributed by atoms with Gasteiger partial charge in [0.2, 0.25) is 0 Å². The van der Waals surface area contributed by atoms with Gasteiger partial charge in [-0.2, -0.15) is 0 Å².